The van der Waals surface area contributed by atoms with E-state index in [0.29, 0.717) is 19.6 Å². The summed E-state index contributed by atoms with van der Waals surface area (Å²) in [4.78, 5) is 10.0. The van der Waals surface area contributed by atoms with Crippen molar-refractivity contribution < 1.29 is 4.39 Å². The molecule has 0 aliphatic heterocycles. The molecule has 0 saturated carbocycles. The maximum Gasteiger partial charge on any atom is 0.193 e. The number of halogens is 2. The fourth-order valence-corrected chi connectivity index (χ4v) is 2.00. The molecule has 0 spiro atoms. The minimum absolute atomic E-state index is 0. The molecule has 0 fully saturated rings. The third kappa shape index (κ3) is 5.58. The minimum atomic E-state index is -0.227. The van der Waals surface area contributed by atoms with Crippen LogP contribution in [0.15, 0.2) is 41.9 Å². The largest absolute Gasteiger partial charge is 0.354 e. The molecule has 0 radical (unpaired) electrons. The Hall–Kier alpha value is -1.71. The third-order valence-electron chi connectivity index (χ3n) is 2.97. The maximum absolute atomic E-state index is 13.2. The number of guanidine groups is 1. The van der Waals surface area contributed by atoms with Crippen LogP contribution in [-0.4, -0.2) is 46.3 Å². The summed E-state index contributed by atoms with van der Waals surface area (Å²) in [5, 5.41) is 7.27. The summed E-state index contributed by atoms with van der Waals surface area (Å²) in [7, 11) is 3.63. The molecule has 8 heteroatoms. The first-order chi connectivity index (χ1) is 10.2. The van der Waals surface area contributed by atoms with Gasteiger partial charge in [-0.25, -0.2) is 9.37 Å². The Bertz CT molecular complexity index is 587. The van der Waals surface area contributed by atoms with Gasteiger partial charge in [0.25, 0.3) is 0 Å². The van der Waals surface area contributed by atoms with Crippen LogP contribution in [0.4, 0.5) is 4.39 Å². The van der Waals surface area contributed by atoms with Crippen molar-refractivity contribution in [1.29, 1.82) is 0 Å². The van der Waals surface area contributed by atoms with Crippen molar-refractivity contribution in [3.05, 3.63) is 48.3 Å². The molecule has 0 saturated heterocycles. The van der Waals surface area contributed by atoms with Gasteiger partial charge < -0.3 is 10.2 Å². The zero-order valence-electron chi connectivity index (χ0n) is 12.6. The molecule has 1 aromatic carbocycles. The van der Waals surface area contributed by atoms with Crippen LogP contribution >= 0.6 is 24.0 Å². The van der Waals surface area contributed by atoms with E-state index in [1.54, 1.807) is 24.1 Å². The Balaban J connectivity index is 0.00000242. The highest BCUT2D eigenvalue weighted by Crippen LogP contribution is 2.06. The van der Waals surface area contributed by atoms with Gasteiger partial charge in [0.05, 0.1) is 6.54 Å². The van der Waals surface area contributed by atoms with Crippen molar-refractivity contribution >= 4 is 29.9 Å². The molecule has 1 N–H and O–H groups in total. The SMILES string of the molecule is CN=C(NCCn1cncn1)N(C)Cc1cccc(F)c1.I. The van der Waals surface area contributed by atoms with Gasteiger partial charge in [-0.05, 0) is 17.7 Å². The molecular weight excluding hydrogens is 398 g/mol. The maximum atomic E-state index is 13.2. The lowest BCUT2D eigenvalue weighted by molar-refractivity contribution is 0.468. The standard InChI is InChI=1S/C14H19FN6.HI/c1-16-14(18-6-7-21-11-17-10-19-21)20(2)9-12-4-3-5-13(15)8-12;/h3-5,8,10-11H,6-7,9H2,1-2H3,(H,16,18);1H. The van der Waals surface area contributed by atoms with Crippen molar-refractivity contribution in [2.75, 3.05) is 20.6 Å². The Labute approximate surface area is 146 Å². The van der Waals surface area contributed by atoms with Gasteiger partial charge in [-0.3, -0.25) is 9.67 Å². The number of nitrogens with zero attached hydrogens (tertiary/aromatic N) is 5. The van der Waals surface area contributed by atoms with Gasteiger partial charge in [0.15, 0.2) is 5.96 Å². The van der Waals surface area contributed by atoms with E-state index in [1.807, 2.05) is 18.0 Å². The van der Waals surface area contributed by atoms with Gasteiger partial charge in [-0.2, -0.15) is 5.10 Å². The summed E-state index contributed by atoms with van der Waals surface area (Å²) in [6.45, 7) is 1.97. The average molecular weight is 418 g/mol. The molecule has 1 aromatic heterocycles. The van der Waals surface area contributed by atoms with E-state index in [9.17, 15) is 4.39 Å². The first kappa shape index (κ1) is 18.3. The first-order valence-corrected chi connectivity index (χ1v) is 6.67. The predicted octanol–water partition coefficient (Wildman–Crippen LogP) is 1.74. The highest BCUT2D eigenvalue weighted by Gasteiger charge is 2.06. The second kappa shape index (κ2) is 9.34. The van der Waals surface area contributed by atoms with Crippen LogP contribution in [0, 0.1) is 5.82 Å². The molecule has 0 unspecified atom stereocenters. The highest BCUT2D eigenvalue weighted by molar-refractivity contribution is 14.0. The summed E-state index contributed by atoms with van der Waals surface area (Å²) < 4.78 is 14.9. The van der Waals surface area contributed by atoms with Crippen molar-refractivity contribution in [1.82, 2.24) is 25.0 Å². The van der Waals surface area contributed by atoms with E-state index in [2.05, 4.69) is 20.4 Å². The quantitative estimate of drug-likeness (QED) is 0.457. The topological polar surface area (TPSA) is 58.3 Å². The fraction of sp³-hybridized carbons (Fsp3) is 0.357. The lowest BCUT2D eigenvalue weighted by Gasteiger charge is -2.22. The fourth-order valence-electron chi connectivity index (χ4n) is 2.00. The number of hydrogen-bond donors (Lipinski definition) is 1. The van der Waals surface area contributed by atoms with Gasteiger partial charge >= 0.3 is 0 Å². The molecule has 0 aliphatic carbocycles. The minimum Gasteiger partial charge on any atom is -0.354 e. The van der Waals surface area contributed by atoms with E-state index in [4.69, 9.17) is 0 Å². The Kier molecular flexibility index (Phi) is 7.78. The summed E-state index contributed by atoms with van der Waals surface area (Å²) in [6, 6.07) is 6.57. The molecule has 0 bridgehead atoms. The van der Waals surface area contributed by atoms with Gasteiger partial charge in [0.1, 0.15) is 18.5 Å². The van der Waals surface area contributed by atoms with Gasteiger partial charge in [0.2, 0.25) is 0 Å². The van der Waals surface area contributed by atoms with Crippen LogP contribution in [0.25, 0.3) is 0 Å². The van der Waals surface area contributed by atoms with E-state index >= 15 is 0 Å². The lowest BCUT2D eigenvalue weighted by Crippen LogP contribution is -2.39. The Morgan fingerprint density at radius 2 is 2.27 bits per heavy atom. The normalized spacial score (nSPS) is 11.0. The summed E-state index contributed by atoms with van der Waals surface area (Å²) in [5.41, 5.74) is 0.900. The summed E-state index contributed by atoms with van der Waals surface area (Å²) in [5.74, 6) is 0.523. The molecule has 0 atom stereocenters. The summed E-state index contributed by atoms with van der Waals surface area (Å²) >= 11 is 0. The number of hydrogen-bond acceptors (Lipinski definition) is 3. The van der Waals surface area contributed by atoms with Crippen LogP contribution in [0.1, 0.15) is 5.56 Å². The number of benzene rings is 1. The van der Waals surface area contributed by atoms with E-state index in [1.165, 1.54) is 18.5 Å². The van der Waals surface area contributed by atoms with E-state index < -0.39 is 0 Å². The molecule has 6 nitrogen and oxygen atoms in total. The lowest BCUT2D eigenvalue weighted by atomic mass is 10.2. The number of rotatable bonds is 5. The van der Waals surface area contributed by atoms with Crippen LogP contribution in [0.5, 0.6) is 0 Å². The molecule has 2 rings (SSSR count). The van der Waals surface area contributed by atoms with Crippen molar-refractivity contribution in [2.45, 2.75) is 13.1 Å². The smallest absolute Gasteiger partial charge is 0.193 e. The average Bonchev–Trinajstić information content (AvgIpc) is 2.96. The molecule has 0 amide bonds. The number of nitrogens with one attached hydrogen (secondary N) is 1. The van der Waals surface area contributed by atoms with Crippen LogP contribution < -0.4 is 5.32 Å². The Morgan fingerprint density at radius 3 is 2.91 bits per heavy atom. The van der Waals surface area contributed by atoms with E-state index in [0.717, 1.165) is 11.5 Å². The molecule has 2 aromatic rings. The zero-order valence-corrected chi connectivity index (χ0v) is 14.9. The second-order valence-corrected chi connectivity index (χ2v) is 4.62. The van der Waals surface area contributed by atoms with Crippen molar-refractivity contribution in [2.24, 2.45) is 4.99 Å². The van der Waals surface area contributed by atoms with Crippen molar-refractivity contribution in [3.63, 3.8) is 0 Å². The molecule has 1 heterocycles. The third-order valence-corrected chi connectivity index (χ3v) is 2.97. The monoisotopic (exact) mass is 418 g/mol. The van der Waals surface area contributed by atoms with Gasteiger partial charge in [0, 0.05) is 27.2 Å². The molecule has 120 valence electrons. The zero-order chi connectivity index (χ0) is 15.1. The predicted molar refractivity (Wildman–Crippen MR) is 94.7 cm³/mol. The Morgan fingerprint density at radius 1 is 1.45 bits per heavy atom. The molecule has 22 heavy (non-hydrogen) atoms. The second-order valence-electron chi connectivity index (χ2n) is 4.62. The number of aliphatic imine (C=N–C) groups is 1. The molecular formula is C14H20FIN6. The summed E-state index contributed by atoms with van der Waals surface area (Å²) in [6.07, 6.45) is 3.17. The number of aromatic nitrogens is 3. The van der Waals surface area contributed by atoms with Gasteiger partial charge in [-0.15, -0.1) is 24.0 Å². The highest BCUT2D eigenvalue weighted by atomic mass is 127. The first-order valence-electron chi connectivity index (χ1n) is 6.67. The van der Waals surface area contributed by atoms with Crippen molar-refractivity contribution in [3.8, 4) is 0 Å². The van der Waals surface area contributed by atoms with Crippen LogP contribution in [0.2, 0.25) is 0 Å². The van der Waals surface area contributed by atoms with Gasteiger partial charge in [-0.1, -0.05) is 12.1 Å². The van der Waals surface area contributed by atoms with E-state index in [-0.39, 0.29) is 29.8 Å². The van der Waals surface area contributed by atoms with Crippen LogP contribution in [0.3, 0.4) is 0 Å². The van der Waals surface area contributed by atoms with Crippen LogP contribution in [-0.2, 0) is 13.1 Å². The molecule has 0 aliphatic rings.